The zero-order valence-electron chi connectivity index (χ0n) is 10.4. The Morgan fingerprint density at radius 1 is 1.42 bits per heavy atom. The summed E-state index contributed by atoms with van der Waals surface area (Å²) in [5.41, 5.74) is 0.469. The first-order valence-corrected chi connectivity index (χ1v) is 7.00. The molecule has 6 heteroatoms. The number of nitrogens with one attached hydrogen (secondary N) is 1. The Labute approximate surface area is 120 Å². The van der Waals surface area contributed by atoms with E-state index in [0.717, 1.165) is 4.90 Å². The number of aromatic nitrogens is 2. The van der Waals surface area contributed by atoms with Gasteiger partial charge in [0.05, 0.1) is 18.1 Å². The van der Waals surface area contributed by atoms with Crippen molar-refractivity contribution in [1.29, 1.82) is 0 Å². The SMILES string of the molecule is COCc1cc(=O)[nH]c(CSc2cccc(Cl)c2)n1. The summed E-state index contributed by atoms with van der Waals surface area (Å²) in [7, 11) is 1.57. The molecule has 1 N–H and O–H groups in total. The highest BCUT2D eigenvalue weighted by atomic mass is 35.5. The van der Waals surface area contributed by atoms with Crippen LogP contribution in [0.25, 0.3) is 0 Å². The molecule has 4 nitrogen and oxygen atoms in total. The Morgan fingerprint density at radius 3 is 3.00 bits per heavy atom. The van der Waals surface area contributed by atoms with Gasteiger partial charge in [0.25, 0.3) is 5.56 Å². The highest BCUT2D eigenvalue weighted by Crippen LogP contribution is 2.23. The molecule has 1 aromatic carbocycles. The van der Waals surface area contributed by atoms with Crippen LogP contribution in [-0.2, 0) is 17.1 Å². The first-order chi connectivity index (χ1) is 9.17. The smallest absolute Gasteiger partial charge is 0.251 e. The fraction of sp³-hybridized carbons (Fsp3) is 0.231. The van der Waals surface area contributed by atoms with Crippen LogP contribution in [0.5, 0.6) is 0 Å². The van der Waals surface area contributed by atoms with Crippen LogP contribution >= 0.6 is 23.4 Å². The predicted molar refractivity (Wildman–Crippen MR) is 76.6 cm³/mol. The minimum atomic E-state index is -0.163. The highest BCUT2D eigenvalue weighted by Gasteiger charge is 2.03. The zero-order chi connectivity index (χ0) is 13.7. The second-order valence-electron chi connectivity index (χ2n) is 3.86. The zero-order valence-corrected chi connectivity index (χ0v) is 11.9. The van der Waals surface area contributed by atoms with E-state index in [1.165, 1.54) is 6.07 Å². The standard InChI is InChI=1S/C13H13ClN2O2S/c1-18-7-10-6-13(17)16-12(15-10)8-19-11-4-2-3-9(14)5-11/h2-6H,7-8H2,1H3,(H,15,16,17). The minimum absolute atomic E-state index is 0.163. The number of ether oxygens (including phenoxy) is 1. The van der Waals surface area contributed by atoms with Crippen LogP contribution in [0.3, 0.4) is 0 Å². The van der Waals surface area contributed by atoms with Crippen LogP contribution in [0.4, 0.5) is 0 Å². The number of hydrogen-bond acceptors (Lipinski definition) is 4. The molecule has 0 radical (unpaired) electrons. The summed E-state index contributed by atoms with van der Waals surface area (Å²) in [6, 6.07) is 9.00. The topological polar surface area (TPSA) is 55.0 Å². The molecule has 100 valence electrons. The van der Waals surface area contributed by atoms with Crippen LogP contribution in [0.2, 0.25) is 5.02 Å². The molecule has 0 amide bonds. The maximum absolute atomic E-state index is 11.5. The lowest BCUT2D eigenvalue weighted by molar-refractivity contribution is 0.181. The fourth-order valence-corrected chi connectivity index (χ4v) is 2.64. The molecule has 0 atom stereocenters. The average Bonchev–Trinajstić information content (AvgIpc) is 2.36. The third-order valence-electron chi connectivity index (χ3n) is 2.31. The molecule has 2 rings (SSSR count). The molecule has 1 heterocycles. The van der Waals surface area contributed by atoms with E-state index in [9.17, 15) is 4.79 Å². The molecule has 0 aliphatic rings. The van der Waals surface area contributed by atoms with Crippen molar-refractivity contribution in [3.63, 3.8) is 0 Å². The summed E-state index contributed by atoms with van der Waals surface area (Å²) < 4.78 is 4.98. The number of halogens is 1. The Bertz CT molecular complexity index is 616. The van der Waals surface area contributed by atoms with Crippen molar-refractivity contribution in [2.24, 2.45) is 0 Å². The number of benzene rings is 1. The summed E-state index contributed by atoms with van der Waals surface area (Å²) in [6.45, 7) is 0.332. The molecule has 0 fully saturated rings. The molecule has 1 aromatic heterocycles. The van der Waals surface area contributed by atoms with Crippen LogP contribution in [-0.4, -0.2) is 17.1 Å². The quantitative estimate of drug-likeness (QED) is 0.862. The van der Waals surface area contributed by atoms with E-state index in [0.29, 0.717) is 28.9 Å². The normalized spacial score (nSPS) is 10.6. The molecular weight excluding hydrogens is 284 g/mol. The second-order valence-corrected chi connectivity index (χ2v) is 5.35. The molecule has 2 aromatic rings. The number of nitrogens with zero attached hydrogens (tertiary/aromatic N) is 1. The van der Waals surface area contributed by atoms with E-state index < -0.39 is 0 Å². The van der Waals surface area contributed by atoms with Crippen molar-refractivity contribution < 1.29 is 4.74 Å². The lowest BCUT2D eigenvalue weighted by Crippen LogP contribution is -2.12. The lowest BCUT2D eigenvalue weighted by atomic mass is 10.4. The maximum Gasteiger partial charge on any atom is 0.251 e. The van der Waals surface area contributed by atoms with E-state index in [1.54, 1.807) is 18.9 Å². The van der Waals surface area contributed by atoms with Crippen molar-refractivity contribution in [1.82, 2.24) is 9.97 Å². The third kappa shape index (κ3) is 4.38. The fourth-order valence-electron chi connectivity index (χ4n) is 1.56. The van der Waals surface area contributed by atoms with Gasteiger partial charge in [-0.1, -0.05) is 17.7 Å². The molecule has 0 spiro atoms. The average molecular weight is 297 g/mol. The number of H-pyrrole nitrogens is 1. The molecule has 0 unspecified atom stereocenters. The van der Waals surface area contributed by atoms with Gasteiger partial charge < -0.3 is 9.72 Å². The monoisotopic (exact) mass is 296 g/mol. The first kappa shape index (κ1) is 14.1. The molecule has 0 bridgehead atoms. The number of aromatic amines is 1. The molecule has 0 saturated heterocycles. The molecular formula is C13H13ClN2O2S. The van der Waals surface area contributed by atoms with Crippen molar-refractivity contribution in [3.05, 3.63) is 57.2 Å². The molecule has 19 heavy (non-hydrogen) atoms. The summed E-state index contributed by atoms with van der Waals surface area (Å²) in [5, 5.41) is 0.694. The summed E-state index contributed by atoms with van der Waals surface area (Å²) in [5.74, 6) is 1.21. The van der Waals surface area contributed by atoms with E-state index in [-0.39, 0.29) is 5.56 Å². The molecule has 0 aliphatic carbocycles. The van der Waals surface area contributed by atoms with Crippen LogP contribution in [0, 0.1) is 0 Å². The van der Waals surface area contributed by atoms with Gasteiger partial charge in [0, 0.05) is 23.1 Å². The molecule has 0 saturated carbocycles. The number of rotatable bonds is 5. The second kappa shape index (κ2) is 6.75. The van der Waals surface area contributed by atoms with E-state index in [1.807, 2.05) is 24.3 Å². The van der Waals surface area contributed by atoms with Crippen LogP contribution in [0.15, 0.2) is 40.0 Å². The Hall–Kier alpha value is -1.30. The molecule has 0 aliphatic heterocycles. The van der Waals surface area contributed by atoms with Crippen LogP contribution < -0.4 is 5.56 Å². The summed E-state index contributed by atoms with van der Waals surface area (Å²) in [6.07, 6.45) is 0. The summed E-state index contributed by atoms with van der Waals surface area (Å²) in [4.78, 5) is 19.5. The van der Waals surface area contributed by atoms with Gasteiger partial charge in [0.2, 0.25) is 0 Å². The maximum atomic E-state index is 11.5. The number of hydrogen-bond donors (Lipinski definition) is 1. The third-order valence-corrected chi connectivity index (χ3v) is 3.55. The van der Waals surface area contributed by atoms with Gasteiger partial charge in [0.15, 0.2) is 0 Å². The first-order valence-electron chi connectivity index (χ1n) is 5.64. The van der Waals surface area contributed by atoms with Crippen molar-refractivity contribution in [2.75, 3.05) is 7.11 Å². The van der Waals surface area contributed by atoms with Gasteiger partial charge in [-0.2, -0.15) is 0 Å². The van der Waals surface area contributed by atoms with Gasteiger partial charge in [0.1, 0.15) is 5.82 Å². The van der Waals surface area contributed by atoms with Crippen molar-refractivity contribution in [2.45, 2.75) is 17.3 Å². The van der Waals surface area contributed by atoms with Gasteiger partial charge in [-0.15, -0.1) is 11.8 Å². The van der Waals surface area contributed by atoms with Gasteiger partial charge in [-0.25, -0.2) is 4.98 Å². The Kier molecular flexibility index (Phi) is 5.01. The van der Waals surface area contributed by atoms with E-state index in [2.05, 4.69) is 9.97 Å². The minimum Gasteiger partial charge on any atom is -0.378 e. The number of thioether (sulfide) groups is 1. The largest absolute Gasteiger partial charge is 0.378 e. The summed E-state index contributed by atoms with van der Waals surface area (Å²) >= 11 is 7.48. The van der Waals surface area contributed by atoms with Crippen molar-refractivity contribution >= 4 is 23.4 Å². The number of methoxy groups -OCH3 is 1. The van der Waals surface area contributed by atoms with E-state index in [4.69, 9.17) is 16.3 Å². The lowest BCUT2D eigenvalue weighted by Gasteiger charge is -2.04. The van der Waals surface area contributed by atoms with Gasteiger partial charge >= 0.3 is 0 Å². The highest BCUT2D eigenvalue weighted by molar-refractivity contribution is 7.98. The van der Waals surface area contributed by atoms with Gasteiger partial charge in [-0.05, 0) is 18.2 Å². The van der Waals surface area contributed by atoms with Gasteiger partial charge in [-0.3, -0.25) is 4.79 Å². The Balaban J connectivity index is 2.09. The Morgan fingerprint density at radius 2 is 2.26 bits per heavy atom. The van der Waals surface area contributed by atoms with E-state index >= 15 is 0 Å². The van der Waals surface area contributed by atoms with Crippen molar-refractivity contribution in [3.8, 4) is 0 Å². The van der Waals surface area contributed by atoms with Crippen LogP contribution in [0.1, 0.15) is 11.5 Å². The predicted octanol–water partition coefficient (Wildman–Crippen LogP) is 2.86.